The van der Waals surface area contributed by atoms with Crippen molar-refractivity contribution < 1.29 is 4.74 Å². The number of ether oxygens (including phenoxy) is 1. The second kappa shape index (κ2) is 5.10. The van der Waals surface area contributed by atoms with Crippen LogP contribution in [0.3, 0.4) is 0 Å². The third-order valence-electron chi connectivity index (χ3n) is 3.78. The van der Waals surface area contributed by atoms with Gasteiger partial charge in [0.25, 0.3) is 0 Å². The number of nitrogens with one attached hydrogen (secondary N) is 1. The van der Waals surface area contributed by atoms with Crippen LogP contribution in [-0.2, 0) is 0 Å². The lowest BCUT2D eigenvalue weighted by molar-refractivity contribution is 0.303. The molecule has 1 aromatic heterocycles. The molecule has 0 aromatic carbocycles. The molecule has 0 aliphatic carbocycles. The van der Waals surface area contributed by atoms with E-state index in [1.54, 1.807) is 7.11 Å². The Balaban J connectivity index is 2.12. The minimum absolute atomic E-state index is 0.240. The van der Waals surface area contributed by atoms with Crippen LogP contribution in [0.1, 0.15) is 25.5 Å². The number of nitrogens with zero attached hydrogens (tertiary/aromatic N) is 3. The summed E-state index contributed by atoms with van der Waals surface area (Å²) in [6.07, 6.45) is 2.20. The van der Waals surface area contributed by atoms with E-state index in [9.17, 15) is 0 Å². The fraction of sp³-hybridized carbons (Fsp3) is 0.692. The average Bonchev–Trinajstić information content (AvgIpc) is 2.39. The van der Waals surface area contributed by atoms with Gasteiger partial charge in [-0.25, -0.2) is 4.98 Å². The summed E-state index contributed by atoms with van der Waals surface area (Å²) in [4.78, 5) is 11.1. The summed E-state index contributed by atoms with van der Waals surface area (Å²) in [6.45, 7) is 6.19. The first-order valence-electron chi connectivity index (χ1n) is 6.40. The number of hydrogen-bond acceptors (Lipinski definition) is 5. The number of hydrogen-bond donors (Lipinski definition) is 1. The number of methoxy groups -OCH3 is 1. The largest absolute Gasteiger partial charge is 0.481 e. The molecule has 0 spiro atoms. The Morgan fingerprint density at radius 3 is 2.56 bits per heavy atom. The van der Waals surface area contributed by atoms with Crippen LogP contribution in [0.2, 0.25) is 0 Å². The van der Waals surface area contributed by atoms with Crippen molar-refractivity contribution in [3.05, 3.63) is 11.8 Å². The molecule has 1 fully saturated rings. The van der Waals surface area contributed by atoms with E-state index in [4.69, 9.17) is 4.74 Å². The van der Waals surface area contributed by atoms with Gasteiger partial charge in [-0.2, -0.15) is 4.98 Å². The average molecular weight is 250 g/mol. The molecule has 1 aliphatic rings. The van der Waals surface area contributed by atoms with Crippen molar-refractivity contribution in [2.45, 2.75) is 32.2 Å². The predicted octanol–water partition coefficient (Wildman–Crippen LogP) is 1.37. The van der Waals surface area contributed by atoms with Crippen molar-refractivity contribution in [2.75, 3.05) is 32.1 Å². The molecule has 0 bridgehead atoms. The van der Waals surface area contributed by atoms with Crippen LogP contribution >= 0.6 is 0 Å². The smallest absolute Gasteiger partial charge is 0.228 e. The van der Waals surface area contributed by atoms with E-state index in [1.807, 2.05) is 20.0 Å². The molecule has 0 unspecified atom stereocenters. The molecule has 1 aliphatic heterocycles. The number of aromatic nitrogens is 2. The third kappa shape index (κ3) is 2.72. The Hall–Kier alpha value is -1.36. The third-order valence-corrected chi connectivity index (χ3v) is 3.78. The van der Waals surface area contributed by atoms with Gasteiger partial charge in [0, 0.05) is 30.4 Å². The van der Waals surface area contributed by atoms with Crippen LogP contribution in [0, 0.1) is 6.92 Å². The molecule has 18 heavy (non-hydrogen) atoms. The maximum Gasteiger partial charge on any atom is 0.228 e. The second-order valence-electron chi connectivity index (χ2n) is 5.15. The maximum absolute atomic E-state index is 5.20. The number of rotatable bonds is 3. The van der Waals surface area contributed by atoms with Crippen molar-refractivity contribution >= 4 is 5.95 Å². The molecule has 5 heteroatoms. The van der Waals surface area contributed by atoms with Gasteiger partial charge in [-0.05, 0) is 33.7 Å². The standard InChI is InChI=1S/C13H22N4O/c1-10-9-11(18-4)16-12(15-10)17-7-5-13(2,14-3)6-8-17/h9,14H,5-8H2,1-4H3. The Morgan fingerprint density at radius 2 is 2.00 bits per heavy atom. The Bertz CT molecular complexity index is 413. The summed E-state index contributed by atoms with van der Waals surface area (Å²) in [5.74, 6) is 1.42. The molecule has 1 N–H and O–H groups in total. The van der Waals surface area contributed by atoms with E-state index in [-0.39, 0.29) is 5.54 Å². The lowest BCUT2D eigenvalue weighted by atomic mass is 9.90. The first-order chi connectivity index (χ1) is 8.56. The van der Waals surface area contributed by atoms with Gasteiger partial charge in [0.2, 0.25) is 11.8 Å². The van der Waals surface area contributed by atoms with Crippen molar-refractivity contribution in [3.63, 3.8) is 0 Å². The summed E-state index contributed by atoms with van der Waals surface area (Å²) >= 11 is 0. The maximum atomic E-state index is 5.20. The molecule has 100 valence electrons. The molecule has 2 rings (SSSR count). The Labute approximate surface area is 109 Å². The van der Waals surface area contributed by atoms with Gasteiger partial charge in [-0.3, -0.25) is 0 Å². The minimum Gasteiger partial charge on any atom is -0.481 e. The molecular formula is C13H22N4O. The van der Waals surface area contributed by atoms with Crippen LogP contribution in [-0.4, -0.2) is 42.8 Å². The summed E-state index contributed by atoms with van der Waals surface area (Å²) in [5, 5.41) is 3.39. The Kier molecular flexibility index (Phi) is 3.71. The summed E-state index contributed by atoms with van der Waals surface area (Å²) < 4.78 is 5.20. The van der Waals surface area contributed by atoms with E-state index >= 15 is 0 Å². The highest BCUT2D eigenvalue weighted by Gasteiger charge is 2.29. The first kappa shape index (κ1) is 13.1. The van der Waals surface area contributed by atoms with Crippen molar-refractivity contribution in [2.24, 2.45) is 0 Å². The predicted molar refractivity (Wildman–Crippen MR) is 72.2 cm³/mol. The van der Waals surface area contributed by atoms with Gasteiger partial charge >= 0.3 is 0 Å². The van der Waals surface area contributed by atoms with E-state index in [2.05, 4.69) is 27.1 Å². The molecule has 2 heterocycles. The van der Waals surface area contributed by atoms with Crippen LogP contribution < -0.4 is 15.0 Å². The van der Waals surface area contributed by atoms with Crippen molar-refractivity contribution in [1.82, 2.24) is 15.3 Å². The van der Waals surface area contributed by atoms with Gasteiger partial charge < -0.3 is 15.0 Å². The quantitative estimate of drug-likeness (QED) is 0.878. The zero-order valence-electron chi connectivity index (χ0n) is 11.7. The minimum atomic E-state index is 0.240. The Morgan fingerprint density at radius 1 is 1.33 bits per heavy atom. The van der Waals surface area contributed by atoms with Gasteiger partial charge in [0.1, 0.15) is 0 Å². The van der Waals surface area contributed by atoms with E-state index in [0.717, 1.165) is 37.6 Å². The topological polar surface area (TPSA) is 50.3 Å². The van der Waals surface area contributed by atoms with Gasteiger partial charge in [0.05, 0.1) is 7.11 Å². The number of aryl methyl sites for hydroxylation is 1. The summed E-state index contributed by atoms with van der Waals surface area (Å²) in [7, 11) is 3.67. The van der Waals surface area contributed by atoms with Crippen LogP contribution in [0.5, 0.6) is 5.88 Å². The normalized spacial score (nSPS) is 18.8. The zero-order chi connectivity index (χ0) is 13.2. The molecular weight excluding hydrogens is 228 g/mol. The molecule has 1 saturated heterocycles. The molecule has 0 amide bonds. The number of piperidine rings is 1. The van der Waals surface area contributed by atoms with E-state index in [1.165, 1.54) is 0 Å². The van der Waals surface area contributed by atoms with Crippen LogP contribution in [0.25, 0.3) is 0 Å². The van der Waals surface area contributed by atoms with Crippen LogP contribution in [0.4, 0.5) is 5.95 Å². The van der Waals surface area contributed by atoms with Crippen LogP contribution in [0.15, 0.2) is 6.07 Å². The van der Waals surface area contributed by atoms with Crippen molar-refractivity contribution in [3.8, 4) is 5.88 Å². The second-order valence-corrected chi connectivity index (χ2v) is 5.15. The molecule has 5 nitrogen and oxygen atoms in total. The van der Waals surface area contributed by atoms with E-state index in [0.29, 0.717) is 5.88 Å². The first-order valence-corrected chi connectivity index (χ1v) is 6.40. The molecule has 1 aromatic rings. The van der Waals surface area contributed by atoms with Gasteiger partial charge in [-0.15, -0.1) is 0 Å². The summed E-state index contributed by atoms with van der Waals surface area (Å²) in [6, 6.07) is 1.85. The molecule has 0 radical (unpaired) electrons. The van der Waals surface area contributed by atoms with Gasteiger partial charge in [0.15, 0.2) is 0 Å². The monoisotopic (exact) mass is 250 g/mol. The highest BCUT2D eigenvalue weighted by molar-refractivity contribution is 5.35. The molecule has 0 saturated carbocycles. The highest BCUT2D eigenvalue weighted by Crippen LogP contribution is 2.24. The molecule has 0 atom stereocenters. The van der Waals surface area contributed by atoms with E-state index < -0.39 is 0 Å². The zero-order valence-corrected chi connectivity index (χ0v) is 11.7. The fourth-order valence-corrected chi connectivity index (χ4v) is 2.22. The fourth-order valence-electron chi connectivity index (χ4n) is 2.22. The summed E-state index contributed by atoms with van der Waals surface area (Å²) in [5.41, 5.74) is 1.18. The SMILES string of the molecule is CNC1(C)CCN(c2nc(C)cc(OC)n2)CC1. The number of anilines is 1. The van der Waals surface area contributed by atoms with Gasteiger partial charge in [-0.1, -0.05) is 0 Å². The highest BCUT2D eigenvalue weighted by atomic mass is 16.5. The lowest BCUT2D eigenvalue weighted by Gasteiger charge is -2.39. The lowest BCUT2D eigenvalue weighted by Crippen LogP contribution is -2.50. The van der Waals surface area contributed by atoms with Crippen molar-refractivity contribution in [1.29, 1.82) is 0 Å².